The average Bonchev–Trinajstić information content (AvgIpc) is 2.82. The summed E-state index contributed by atoms with van der Waals surface area (Å²) in [4.78, 5) is 12.4. The minimum Gasteiger partial charge on any atom is -0.493 e. The van der Waals surface area contributed by atoms with Gasteiger partial charge in [0.05, 0.1) is 18.7 Å². The van der Waals surface area contributed by atoms with E-state index in [1.54, 1.807) is 54.6 Å². The van der Waals surface area contributed by atoms with Crippen LogP contribution in [-0.2, 0) is 11.4 Å². The molecule has 31 heavy (non-hydrogen) atoms. The fourth-order valence-electron chi connectivity index (χ4n) is 2.84. The molecule has 0 saturated heterocycles. The van der Waals surface area contributed by atoms with Crippen molar-refractivity contribution in [1.29, 1.82) is 10.5 Å². The van der Waals surface area contributed by atoms with E-state index < -0.39 is 5.91 Å². The third-order valence-corrected chi connectivity index (χ3v) is 4.42. The van der Waals surface area contributed by atoms with Gasteiger partial charge in [-0.2, -0.15) is 10.5 Å². The number of methoxy groups -OCH3 is 1. The number of hydrogen-bond donors (Lipinski definition) is 1. The van der Waals surface area contributed by atoms with Gasteiger partial charge in [-0.15, -0.1) is 0 Å². The minimum atomic E-state index is -0.499. The Morgan fingerprint density at radius 2 is 1.74 bits per heavy atom. The van der Waals surface area contributed by atoms with Crippen LogP contribution in [0.15, 0.2) is 78.4 Å². The summed E-state index contributed by atoms with van der Waals surface area (Å²) in [5.74, 6) is 0.435. The van der Waals surface area contributed by atoms with Crippen LogP contribution >= 0.6 is 0 Å². The molecule has 0 bridgehead atoms. The van der Waals surface area contributed by atoms with Gasteiger partial charge < -0.3 is 14.8 Å². The first kappa shape index (κ1) is 21.2. The van der Waals surface area contributed by atoms with E-state index in [-0.39, 0.29) is 12.2 Å². The molecule has 0 aliphatic rings. The zero-order valence-electron chi connectivity index (χ0n) is 16.8. The number of carbonyl (C=O) groups excluding carboxylic acids is 1. The Hall–Kier alpha value is -4.55. The van der Waals surface area contributed by atoms with Crippen molar-refractivity contribution in [3.8, 4) is 23.6 Å². The number of nitrogens with zero attached hydrogens (tertiary/aromatic N) is 2. The standard InChI is InChI=1S/C25H19N3O3/c1-30-24-14-18(13-21(16-27)25(29)28-22-9-3-2-4-10-22)11-12-23(24)31-17-20-8-6-5-7-19(20)15-26/h2-14H,17H2,1H3,(H,28,29)/b21-13+. The molecule has 0 spiro atoms. The number of carbonyl (C=O) groups is 1. The molecule has 0 fully saturated rings. The third-order valence-electron chi connectivity index (χ3n) is 4.42. The molecule has 1 N–H and O–H groups in total. The first-order chi connectivity index (χ1) is 15.1. The predicted molar refractivity (Wildman–Crippen MR) is 117 cm³/mol. The number of ether oxygens (including phenoxy) is 2. The smallest absolute Gasteiger partial charge is 0.266 e. The monoisotopic (exact) mass is 409 g/mol. The maximum absolute atomic E-state index is 12.4. The van der Waals surface area contributed by atoms with E-state index in [2.05, 4.69) is 11.4 Å². The van der Waals surface area contributed by atoms with E-state index in [0.717, 1.165) is 5.56 Å². The lowest BCUT2D eigenvalue weighted by atomic mass is 10.1. The topological polar surface area (TPSA) is 95.1 Å². The van der Waals surface area contributed by atoms with Gasteiger partial charge >= 0.3 is 0 Å². The summed E-state index contributed by atoms with van der Waals surface area (Å²) in [6, 6.07) is 25.3. The van der Waals surface area contributed by atoms with Crippen LogP contribution in [0.25, 0.3) is 6.08 Å². The molecule has 152 valence electrons. The number of para-hydroxylation sites is 1. The molecule has 0 heterocycles. The molecule has 6 nitrogen and oxygen atoms in total. The number of amides is 1. The quantitative estimate of drug-likeness (QED) is 0.451. The summed E-state index contributed by atoms with van der Waals surface area (Å²) in [6.07, 6.45) is 1.48. The molecular weight excluding hydrogens is 390 g/mol. The second-order valence-corrected chi connectivity index (χ2v) is 6.46. The molecule has 0 aliphatic heterocycles. The Bertz CT molecular complexity index is 1190. The SMILES string of the molecule is COc1cc(/C=C(\C#N)C(=O)Nc2ccccc2)ccc1OCc1ccccc1C#N. The predicted octanol–water partition coefficient (Wildman–Crippen LogP) is 4.69. The zero-order valence-corrected chi connectivity index (χ0v) is 16.8. The fraction of sp³-hybridized carbons (Fsp3) is 0.0800. The van der Waals surface area contributed by atoms with Crippen molar-refractivity contribution in [1.82, 2.24) is 0 Å². The number of hydrogen-bond acceptors (Lipinski definition) is 5. The van der Waals surface area contributed by atoms with Gasteiger partial charge in [0.1, 0.15) is 18.2 Å². The van der Waals surface area contributed by atoms with E-state index in [0.29, 0.717) is 28.3 Å². The summed E-state index contributed by atoms with van der Waals surface area (Å²) in [6.45, 7) is 0.207. The highest BCUT2D eigenvalue weighted by Crippen LogP contribution is 2.30. The molecule has 3 aromatic rings. The van der Waals surface area contributed by atoms with Crippen LogP contribution in [0.1, 0.15) is 16.7 Å². The van der Waals surface area contributed by atoms with Gasteiger partial charge in [-0.1, -0.05) is 42.5 Å². The minimum absolute atomic E-state index is 0.0393. The molecule has 0 saturated carbocycles. The van der Waals surface area contributed by atoms with Crippen molar-refractivity contribution < 1.29 is 14.3 Å². The molecule has 0 aliphatic carbocycles. The summed E-state index contributed by atoms with van der Waals surface area (Å²) in [5, 5.41) is 21.3. The number of anilines is 1. The molecule has 6 heteroatoms. The second kappa shape index (κ2) is 10.3. The largest absolute Gasteiger partial charge is 0.493 e. The van der Waals surface area contributed by atoms with Gasteiger partial charge in [0.2, 0.25) is 0 Å². The Balaban J connectivity index is 1.77. The zero-order chi connectivity index (χ0) is 22.1. The van der Waals surface area contributed by atoms with Crippen LogP contribution in [0, 0.1) is 22.7 Å². The molecule has 0 atom stereocenters. The Morgan fingerprint density at radius 1 is 1.00 bits per heavy atom. The van der Waals surface area contributed by atoms with E-state index in [1.807, 2.05) is 24.3 Å². The number of rotatable bonds is 7. The van der Waals surface area contributed by atoms with Crippen LogP contribution in [0.4, 0.5) is 5.69 Å². The number of benzene rings is 3. The highest BCUT2D eigenvalue weighted by Gasteiger charge is 2.12. The van der Waals surface area contributed by atoms with Gasteiger partial charge in [0.25, 0.3) is 5.91 Å². The summed E-state index contributed by atoms with van der Waals surface area (Å²) in [5.41, 5.74) is 2.49. The average molecular weight is 409 g/mol. The lowest BCUT2D eigenvalue weighted by Crippen LogP contribution is -2.13. The lowest BCUT2D eigenvalue weighted by Gasteiger charge is -2.12. The summed E-state index contributed by atoms with van der Waals surface area (Å²) in [7, 11) is 1.51. The van der Waals surface area contributed by atoms with Crippen LogP contribution < -0.4 is 14.8 Å². The Labute approximate surface area is 180 Å². The Kier molecular flexibility index (Phi) is 7.03. The van der Waals surface area contributed by atoms with E-state index in [9.17, 15) is 15.3 Å². The van der Waals surface area contributed by atoms with Gasteiger partial charge in [-0.05, 0) is 42.0 Å². The molecule has 0 unspecified atom stereocenters. The van der Waals surface area contributed by atoms with Gasteiger partial charge in [0.15, 0.2) is 11.5 Å². The first-order valence-electron chi connectivity index (χ1n) is 9.41. The van der Waals surface area contributed by atoms with Crippen LogP contribution in [0.2, 0.25) is 0 Å². The number of nitrogens with one attached hydrogen (secondary N) is 1. The Morgan fingerprint density at radius 3 is 2.45 bits per heavy atom. The third kappa shape index (κ3) is 5.50. The van der Waals surface area contributed by atoms with Crippen molar-refractivity contribution in [2.45, 2.75) is 6.61 Å². The lowest BCUT2D eigenvalue weighted by molar-refractivity contribution is -0.112. The van der Waals surface area contributed by atoms with Crippen molar-refractivity contribution in [2.75, 3.05) is 12.4 Å². The van der Waals surface area contributed by atoms with E-state index >= 15 is 0 Å². The maximum atomic E-state index is 12.4. The first-order valence-corrected chi connectivity index (χ1v) is 9.41. The number of nitriles is 2. The molecule has 1 amide bonds. The van der Waals surface area contributed by atoms with E-state index in [1.165, 1.54) is 13.2 Å². The molecular formula is C25H19N3O3. The van der Waals surface area contributed by atoms with E-state index in [4.69, 9.17) is 9.47 Å². The van der Waals surface area contributed by atoms with Gasteiger partial charge in [0, 0.05) is 11.3 Å². The van der Waals surface area contributed by atoms with Gasteiger partial charge in [-0.25, -0.2) is 0 Å². The van der Waals surface area contributed by atoms with Crippen LogP contribution in [-0.4, -0.2) is 13.0 Å². The van der Waals surface area contributed by atoms with Crippen molar-refractivity contribution >= 4 is 17.7 Å². The molecule has 0 aromatic heterocycles. The van der Waals surface area contributed by atoms with Gasteiger partial charge in [-0.3, -0.25) is 4.79 Å². The highest BCUT2D eigenvalue weighted by atomic mass is 16.5. The van der Waals surface area contributed by atoms with Crippen molar-refractivity contribution in [2.24, 2.45) is 0 Å². The highest BCUT2D eigenvalue weighted by molar-refractivity contribution is 6.09. The molecule has 3 aromatic carbocycles. The molecule has 0 radical (unpaired) electrons. The fourth-order valence-corrected chi connectivity index (χ4v) is 2.84. The normalized spacial score (nSPS) is 10.5. The maximum Gasteiger partial charge on any atom is 0.266 e. The summed E-state index contributed by atoms with van der Waals surface area (Å²) >= 11 is 0. The van der Waals surface area contributed by atoms with Crippen LogP contribution in [0.3, 0.4) is 0 Å². The summed E-state index contributed by atoms with van der Waals surface area (Å²) < 4.78 is 11.2. The second-order valence-electron chi connectivity index (χ2n) is 6.46. The van der Waals surface area contributed by atoms with Crippen molar-refractivity contribution in [3.63, 3.8) is 0 Å². The van der Waals surface area contributed by atoms with Crippen LogP contribution in [0.5, 0.6) is 11.5 Å². The molecule has 3 rings (SSSR count). The van der Waals surface area contributed by atoms with Crippen molar-refractivity contribution in [3.05, 3.63) is 95.1 Å².